The molecule has 1 aromatic carbocycles. The number of carbonyl (C=O) groups excluding carboxylic acids is 4. The van der Waals surface area contributed by atoms with E-state index in [1.807, 2.05) is 65.1 Å². The van der Waals surface area contributed by atoms with Gasteiger partial charge in [0.15, 0.2) is 6.10 Å². The molecule has 5 rings (SSSR count). The number of amides is 3. The number of thiazole rings is 1. The summed E-state index contributed by atoms with van der Waals surface area (Å²) in [5.41, 5.74) is 0.537. The van der Waals surface area contributed by atoms with E-state index in [0.717, 1.165) is 31.4 Å². The zero-order valence-corrected chi connectivity index (χ0v) is 32.7. The third-order valence-electron chi connectivity index (χ3n) is 11.2. The zero-order chi connectivity index (χ0) is 38.3. The fraction of sp³-hybridized carbons (Fsp3) is 0.641. The van der Waals surface area contributed by atoms with Gasteiger partial charge >= 0.3 is 11.9 Å². The van der Waals surface area contributed by atoms with Crippen LogP contribution in [0.1, 0.15) is 107 Å². The molecular formula is C39H57N5O7S. The Labute approximate surface area is 312 Å². The number of benzene rings is 1. The molecule has 2 aromatic rings. The van der Waals surface area contributed by atoms with Gasteiger partial charge in [0.1, 0.15) is 22.3 Å². The lowest BCUT2D eigenvalue weighted by Gasteiger charge is -2.57. The number of fused-ring (bicyclic) bond motifs is 2. The molecular weight excluding hydrogens is 683 g/mol. The van der Waals surface area contributed by atoms with Gasteiger partial charge in [0, 0.05) is 37.9 Å². The first kappa shape index (κ1) is 40.9. The zero-order valence-electron chi connectivity index (χ0n) is 31.9. The number of esters is 1. The Kier molecular flexibility index (Phi) is 14.0. The van der Waals surface area contributed by atoms with Gasteiger partial charge in [-0.2, -0.15) is 0 Å². The van der Waals surface area contributed by atoms with Crippen LogP contribution in [0.15, 0.2) is 35.7 Å². The lowest BCUT2D eigenvalue weighted by atomic mass is 9.62. The second-order valence-electron chi connectivity index (χ2n) is 15.4. The number of nitrogens with one attached hydrogen (secondary N) is 2. The van der Waals surface area contributed by atoms with Gasteiger partial charge in [-0.05, 0) is 69.0 Å². The van der Waals surface area contributed by atoms with Gasteiger partial charge in [0.05, 0.1) is 5.92 Å². The van der Waals surface area contributed by atoms with Crippen LogP contribution in [0.5, 0.6) is 0 Å². The van der Waals surface area contributed by atoms with E-state index in [2.05, 4.69) is 20.5 Å². The quantitative estimate of drug-likeness (QED) is 0.177. The normalized spacial score (nSPS) is 21.8. The van der Waals surface area contributed by atoms with Gasteiger partial charge in [-0.15, -0.1) is 11.3 Å². The Morgan fingerprint density at radius 2 is 1.75 bits per heavy atom. The number of rotatable bonds is 18. The van der Waals surface area contributed by atoms with Crippen molar-refractivity contribution in [2.75, 3.05) is 20.6 Å². The van der Waals surface area contributed by atoms with Gasteiger partial charge in [0.25, 0.3) is 5.91 Å². The van der Waals surface area contributed by atoms with Crippen molar-refractivity contribution >= 4 is 41.0 Å². The summed E-state index contributed by atoms with van der Waals surface area (Å²) >= 11 is 1.19. The number of piperidine rings is 2. The molecule has 3 heterocycles. The molecule has 52 heavy (non-hydrogen) atoms. The molecule has 3 fully saturated rings. The van der Waals surface area contributed by atoms with Crippen LogP contribution in [0, 0.1) is 23.7 Å². The highest BCUT2D eigenvalue weighted by atomic mass is 32.1. The Bertz CT molecular complexity index is 1560. The number of carboxylic acids is 1. The van der Waals surface area contributed by atoms with E-state index in [-0.39, 0.29) is 42.2 Å². The minimum atomic E-state index is -0.943. The van der Waals surface area contributed by atoms with E-state index in [4.69, 9.17) is 4.74 Å². The lowest BCUT2D eigenvalue weighted by Crippen LogP contribution is -2.70. The molecule has 2 bridgehead atoms. The van der Waals surface area contributed by atoms with Crippen LogP contribution in [0.25, 0.3) is 0 Å². The van der Waals surface area contributed by atoms with Gasteiger partial charge in [-0.25, -0.2) is 4.98 Å². The molecule has 2 aliphatic heterocycles. The molecule has 286 valence electrons. The van der Waals surface area contributed by atoms with Crippen molar-refractivity contribution < 1.29 is 33.8 Å². The van der Waals surface area contributed by atoms with Crippen molar-refractivity contribution in [2.24, 2.45) is 23.7 Å². The molecule has 1 unspecified atom stereocenters. The first-order valence-electron chi connectivity index (χ1n) is 18.5. The summed E-state index contributed by atoms with van der Waals surface area (Å²) in [5, 5.41) is 17.7. The van der Waals surface area contributed by atoms with Crippen LogP contribution in [0.4, 0.5) is 0 Å². The van der Waals surface area contributed by atoms with E-state index >= 15 is 0 Å². The molecule has 1 saturated carbocycles. The standard InChI is InChI=1S/C39H57N5O7S/c1-9-24(4)33(42-38(50)39-20-28(21-39)15-16-43(39)7)36(47)44(8)31(23(2)3)19-32(51-26(6)45)35-41-30(22-52-35)34(46)40-29(17-25(5)37(48)49)18-27-13-11-10-12-14-27/h10-14,22-25,28-29,31-33H,9,15-21H2,1-8H3,(H,40,46)(H,42,50)(H,48,49)/t24?,25-,28?,29+,31+,32+,33-,39?/m0/s1. The number of hydrogen-bond acceptors (Lipinski definition) is 9. The molecule has 3 N–H and O–H groups in total. The molecule has 0 spiro atoms. The Morgan fingerprint density at radius 3 is 2.33 bits per heavy atom. The summed E-state index contributed by atoms with van der Waals surface area (Å²) in [6.07, 6.45) is 3.49. The maximum absolute atomic E-state index is 14.3. The van der Waals surface area contributed by atoms with Crippen molar-refractivity contribution in [2.45, 2.75) is 116 Å². The van der Waals surface area contributed by atoms with Crippen LogP contribution < -0.4 is 10.6 Å². The number of aliphatic carboxylic acids is 1. The fourth-order valence-electron chi connectivity index (χ4n) is 7.62. The van der Waals surface area contributed by atoms with Crippen LogP contribution in [0.2, 0.25) is 0 Å². The molecule has 3 aliphatic rings. The third kappa shape index (κ3) is 9.77. The average molecular weight is 740 g/mol. The summed E-state index contributed by atoms with van der Waals surface area (Å²) in [7, 11) is 3.72. The highest BCUT2D eigenvalue weighted by molar-refractivity contribution is 7.09. The lowest BCUT2D eigenvalue weighted by molar-refractivity contribution is -0.155. The number of carbonyl (C=O) groups is 5. The smallest absolute Gasteiger partial charge is 0.306 e. The minimum absolute atomic E-state index is 0.0477. The number of likely N-dealkylation sites (N-methyl/N-ethyl adjacent to an activating group) is 2. The number of ether oxygens (including phenoxy) is 1. The average Bonchev–Trinajstić information content (AvgIpc) is 3.58. The molecule has 12 nitrogen and oxygen atoms in total. The summed E-state index contributed by atoms with van der Waals surface area (Å²) in [5.74, 6) is -2.48. The molecule has 0 radical (unpaired) electrons. The van der Waals surface area contributed by atoms with Crippen molar-refractivity contribution in [1.82, 2.24) is 25.4 Å². The topological polar surface area (TPSA) is 158 Å². The van der Waals surface area contributed by atoms with Crippen LogP contribution in [-0.2, 0) is 30.3 Å². The van der Waals surface area contributed by atoms with Crippen LogP contribution >= 0.6 is 11.3 Å². The minimum Gasteiger partial charge on any atom is -0.481 e. The predicted octanol–water partition coefficient (Wildman–Crippen LogP) is 5.09. The maximum Gasteiger partial charge on any atom is 0.306 e. The maximum atomic E-state index is 14.3. The van der Waals surface area contributed by atoms with Gasteiger partial charge < -0.3 is 25.4 Å². The second-order valence-corrected chi connectivity index (χ2v) is 16.2. The fourth-order valence-corrected chi connectivity index (χ4v) is 8.46. The molecule has 3 amide bonds. The summed E-state index contributed by atoms with van der Waals surface area (Å²) in [6, 6.07) is 7.97. The highest BCUT2D eigenvalue weighted by Gasteiger charge is 2.56. The van der Waals surface area contributed by atoms with Crippen LogP contribution in [-0.4, -0.2) is 93.9 Å². The molecule has 1 aromatic heterocycles. The first-order valence-corrected chi connectivity index (χ1v) is 19.4. The Morgan fingerprint density at radius 1 is 1.08 bits per heavy atom. The van der Waals surface area contributed by atoms with Crippen molar-refractivity contribution in [3.63, 3.8) is 0 Å². The van der Waals surface area contributed by atoms with Gasteiger partial charge in [-0.3, -0.25) is 28.9 Å². The van der Waals surface area contributed by atoms with E-state index in [1.165, 1.54) is 18.3 Å². The van der Waals surface area contributed by atoms with Crippen molar-refractivity contribution in [3.05, 3.63) is 52.0 Å². The molecule has 13 heteroatoms. The first-order chi connectivity index (χ1) is 24.6. The van der Waals surface area contributed by atoms with E-state index in [1.54, 1.807) is 24.3 Å². The van der Waals surface area contributed by atoms with E-state index < -0.39 is 53.5 Å². The summed E-state index contributed by atoms with van der Waals surface area (Å²) in [6.45, 7) is 11.8. The molecule has 6 atom stereocenters. The van der Waals surface area contributed by atoms with Gasteiger partial charge in [-0.1, -0.05) is 71.4 Å². The SMILES string of the molecule is CCC(C)[C@H](NC(=O)C12CC(CCN1C)C2)C(=O)N(C)[C@H](C[C@@H](OC(C)=O)c1nc(C(=O)N[C@@H](Cc2ccccc2)C[C@H](C)C(=O)O)cs1)C(C)C. The monoisotopic (exact) mass is 739 g/mol. The number of aromatic nitrogens is 1. The van der Waals surface area contributed by atoms with Crippen molar-refractivity contribution in [1.29, 1.82) is 0 Å². The van der Waals surface area contributed by atoms with Crippen LogP contribution in [0.3, 0.4) is 0 Å². The summed E-state index contributed by atoms with van der Waals surface area (Å²) < 4.78 is 5.78. The van der Waals surface area contributed by atoms with E-state index in [0.29, 0.717) is 23.8 Å². The Balaban J connectivity index is 1.51. The number of carboxylic acid groups (broad SMARTS) is 1. The van der Waals surface area contributed by atoms with Gasteiger partial charge in [0.2, 0.25) is 11.8 Å². The third-order valence-corrected chi connectivity index (χ3v) is 12.1. The highest BCUT2D eigenvalue weighted by Crippen LogP contribution is 2.48. The predicted molar refractivity (Wildman–Crippen MR) is 200 cm³/mol. The second kappa shape index (κ2) is 17.8. The number of hydrogen-bond donors (Lipinski definition) is 3. The van der Waals surface area contributed by atoms with Crippen molar-refractivity contribution in [3.8, 4) is 0 Å². The Hall–Kier alpha value is -3.84. The molecule has 1 aliphatic carbocycles. The largest absolute Gasteiger partial charge is 0.481 e. The molecule has 2 saturated heterocycles. The number of nitrogens with zero attached hydrogens (tertiary/aromatic N) is 3. The summed E-state index contributed by atoms with van der Waals surface area (Å²) in [4.78, 5) is 73.9. The van der Waals surface area contributed by atoms with E-state index in [9.17, 15) is 29.1 Å².